The van der Waals surface area contributed by atoms with Gasteiger partial charge in [0.1, 0.15) is 5.25 Å². The standard InChI is InChI=1S/C15H11F2NO2S/c16-13-7-6-12(10-14(13)17)21(19,20)15(8-9-18)11-4-2-1-3-5-11/h1-7,10,15H,8H2. The van der Waals surface area contributed by atoms with Crippen molar-refractivity contribution in [2.24, 2.45) is 0 Å². The molecule has 0 bridgehead atoms. The highest BCUT2D eigenvalue weighted by Crippen LogP contribution is 2.32. The minimum Gasteiger partial charge on any atom is -0.223 e. The Balaban J connectivity index is 2.53. The maximum Gasteiger partial charge on any atom is 0.186 e. The number of halogens is 2. The Morgan fingerprint density at radius 1 is 1.05 bits per heavy atom. The summed E-state index contributed by atoms with van der Waals surface area (Å²) < 4.78 is 51.3. The van der Waals surface area contributed by atoms with Crippen LogP contribution in [0.3, 0.4) is 0 Å². The maximum absolute atomic E-state index is 13.3. The lowest BCUT2D eigenvalue weighted by Crippen LogP contribution is -2.14. The Labute approximate surface area is 121 Å². The van der Waals surface area contributed by atoms with Crippen LogP contribution < -0.4 is 0 Å². The van der Waals surface area contributed by atoms with Gasteiger partial charge in [0.15, 0.2) is 21.5 Å². The lowest BCUT2D eigenvalue weighted by molar-refractivity contribution is 0.504. The number of hydrogen-bond acceptors (Lipinski definition) is 3. The second-order valence-electron chi connectivity index (χ2n) is 4.38. The highest BCUT2D eigenvalue weighted by Gasteiger charge is 2.29. The van der Waals surface area contributed by atoms with Crippen LogP contribution in [-0.4, -0.2) is 8.42 Å². The molecule has 2 rings (SSSR count). The third kappa shape index (κ3) is 3.09. The first-order valence-electron chi connectivity index (χ1n) is 6.07. The summed E-state index contributed by atoms with van der Waals surface area (Å²) in [5, 5.41) is 7.74. The molecular formula is C15H11F2NO2S. The largest absolute Gasteiger partial charge is 0.223 e. The lowest BCUT2D eigenvalue weighted by Gasteiger charge is -2.15. The van der Waals surface area contributed by atoms with Crippen molar-refractivity contribution in [1.29, 1.82) is 5.26 Å². The van der Waals surface area contributed by atoms with Crippen LogP contribution in [0.15, 0.2) is 53.4 Å². The summed E-state index contributed by atoms with van der Waals surface area (Å²) in [6.07, 6.45) is -0.272. The van der Waals surface area contributed by atoms with Crippen LogP contribution >= 0.6 is 0 Å². The van der Waals surface area contributed by atoms with Gasteiger partial charge < -0.3 is 0 Å². The van der Waals surface area contributed by atoms with Gasteiger partial charge in [0.05, 0.1) is 17.4 Å². The zero-order chi connectivity index (χ0) is 15.5. The Hall–Kier alpha value is -2.26. The topological polar surface area (TPSA) is 57.9 Å². The van der Waals surface area contributed by atoms with E-state index < -0.39 is 26.7 Å². The molecule has 0 spiro atoms. The van der Waals surface area contributed by atoms with Gasteiger partial charge in [-0.25, -0.2) is 17.2 Å². The molecule has 2 aromatic carbocycles. The van der Waals surface area contributed by atoms with Crippen molar-refractivity contribution < 1.29 is 17.2 Å². The van der Waals surface area contributed by atoms with Crippen molar-refractivity contribution >= 4 is 9.84 Å². The summed E-state index contributed by atoms with van der Waals surface area (Å²) in [4.78, 5) is -0.342. The second-order valence-corrected chi connectivity index (χ2v) is 6.51. The van der Waals surface area contributed by atoms with Crippen molar-refractivity contribution in [3.05, 3.63) is 65.7 Å². The fourth-order valence-electron chi connectivity index (χ4n) is 1.98. The van der Waals surface area contributed by atoms with Crippen LogP contribution in [0, 0.1) is 23.0 Å². The summed E-state index contributed by atoms with van der Waals surface area (Å²) >= 11 is 0. The molecule has 0 aromatic heterocycles. The fraction of sp³-hybridized carbons (Fsp3) is 0.133. The molecule has 0 fully saturated rings. The van der Waals surface area contributed by atoms with E-state index >= 15 is 0 Å². The second kappa shape index (κ2) is 6.02. The van der Waals surface area contributed by atoms with Gasteiger partial charge in [-0.3, -0.25) is 0 Å². The summed E-state index contributed by atoms with van der Waals surface area (Å²) in [6.45, 7) is 0. The summed E-state index contributed by atoms with van der Waals surface area (Å²) in [5.74, 6) is -2.36. The third-order valence-electron chi connectivity index (χ3n) is 3.04. The Kier molecular flexibility index (Phi) is 4.34. The molecule has 0 amide bonds. The van der Waals surface area contributed by atoms with Gasteiger partial charge in [0.25, 0.3) is 0 Å². The molecule has 1 atom stereocenters. The van der Waals surface area contributed by atoms with E-state index in [1.807, 2.05) is 6.07 Å². The smallest absolute Gasteiger partial charge is 0.186 e. The molecule has 0 saturated carbocycles. The molecule has 6 heteroatoms. The average molecular weight is 307 g/mol. The molecule has 108 valence electrons. The third-order valence-corrected chi connectivity index (χ3v) is 5.14. The minimum atomic E-state index is -3.98. The fourth-order valence-corrected chi connectivity index (χ4v) is 3.64. The molecule has 3 nitrogen and oxygen atoms in total. The van der Waals surface area contributed by atoms with Gasteiger partial charge in [-0.1, -0.05) is 30.3 Å². The van der Waals surface area contributed by atoms with Gasteiger partial charge >= 0.3 is 0 Å². The summed E-state index contributed by atoms with van der Waals surface area (Å²) in [5.41, 5.74) is 0.434. The molecule has 0 radical (unpaired) electrons. The quantitative estimate of drug-likeness (QED) is 0.813. The number of hydrogen-bond donors (Lipinski definition) is 0. The highest BCUT2D eigenvalue weighted by atomic mass is 32.2. The molecule has 1 unspecified atom stereocenters. The van der Waals surface area contributed by atoms with E-state index in [1.165, 1.54) is 0 Å². The van der Waals surface area contributed by atoms with Crippen LogP contribution in [0.1, 0.15) is 17.2 Å². The van der Waals surface area contributed by atoms with Crippen LogP contribution in [0.2, 0.25) is 0 Å². The van der Waals surface area contributed by atoms with E-state index in [-0.39, 0.29) is 11.3 Å². The van der Waals surface area contributed by atoms with Gasteiger partial charge in [-0.2, -0.15) is 5.26 Å². The number of nitrogens with zero attached hydrogens (tertiary/aromatic N) is 1. The molecule has 2 aromatic rings. The maximum atomic E-state index is 13.3. The average Bonchev–Trinajstić information content (AvgIpc) is 2.48. The van der Waals surface area contributed by atoms with E-state index in [1.54, 1.807) is 30.3 Å². The first-order valence-corrected chi connectivity index (χ1v) is 7.62. The molecule has 0 saturated heterocycles. The molecular weight excluding hydrogens is 296 g/mol. The molecule has 0 heterocycles. The van der Waals surface area contributed by atoms with Gasteiger partial charge in [-0.05, 0) is 23.8 Å². The number of rotatable bonds is 4. The predicted octanol–water partition coefficient (Wildman–Crippen LogP) is 3.39. The van der Waals surface area contributed by atoms with Crippen LogP contribution in [0.25, 0.3) is 0 Å². The monoisotopic (exact) mass is 307 g/mol. The minimum absolute atomic E-state index is 0.272. The molecule has 21 heavy (non-hydrogen) atoms. The van der Waals surface area contributed by atoms with E-state index in [0.29, 0.717) is 11.6 Å². The molecule has 0 N–H and O–H groups in total. The first kappa shape index (κ1) is 15.1. The summed E-state index contributed by atoms with van der Waals surface area (Å²) in [6, 6.07) is 12.4. The Morgan fingerprint density at radius 2 is 1.71 bits per heavy atom. The number of nitriles is 1. The Morgan fingerprint density at radius 3 is 2.29 bits per heavy atom. The number of sulfone groups is 1. The lowest BCUT2D eigenvalue weighted by atomic mass is 10.1. The van der Waals surface area contributed by atoms with Crippen molar-refractivity contribution in [3.8, 4) is 6.07 Å². The first-order chi connectivity index (χ1) is 9.96. The van der Waals surface area contributed by atoms with Crippen LogP contribution in [-0.2, 0) is 9.84 Å². The molecule has 0 aliphatic rings. The molecule has 0 aliphatic heterocycles. The predicted molar refractivity (Wildman–Crippen MR) is 73.0 cm³/mol. The van der Waals surface area contributed by atoms with Crippen molar-refractivity contribution in [2.45, 2.75) is 16.6 Å². The van der Waals surface area contributed by atoms with Crippen molar-refractivity contribution in [2.75, 3.05) is 0 Å². The normalized spacial score (nSPS) is 12.6. The Bertz CT molecular complexity index is 783. The molecule has 0 aliphatic carbocycles. The van der Waals surface area contributed by atoms with E-state index in [4.69, 9.17) is 5.26 Å². The summed E-state index contributed by atoms with van der Waals surface area (Å²) in [7, 11) is -3.98. The van der Waals surface area contributed by atoms with Gasteiger partial charge in [0.2, 0.25) is 0 Å². The van der Waals surface area contributed by atoms with Crippen molar-refractivity contribution in [3.63, 3.8) is 0 Å². The van der Waals surface area contributed by atoms with E-state index in [9.17, 15) is 17.2 Å². The van der Waals surface area contributed by atoms with Crippen molar-refractivity contribution in [1.82, 2.24) is 0 Å². The zero-order valence-electron chi connectivity index (χ0n) is 10.8. The zero-order valence-corrected chi connectivity index (χ0v) is 11.6. The van der Waals surface area contributed by atoms with Gasteiger partial charge in [-0.15, -0.1) is 0 Å². The van der Waals surface area contributed by atoms with Crippen LogP contribution in [0.5, 0.6) is 0 Å². The number of benzene rings is 2. The van der Waals surface area contributed by atoms with Crippen LogP contribution in [0.4, 0.5) is 8.78 Å². The highest BCUT2D eigenvalue weighted by molar-refractivity contribution is 7.91. The SMILES string of the molecule is N#CCC(c1ccccc1)S(=O)(=O)c1ccc(F)c(F)c1. The van der Waals surface area contributed by atoms with Gasteiger partial charge in [0, 0.05) is 0 Å². The van der Waals surface area contributed by atoms with E-state index in [2.05, 4.69) is 0 Å². The van der Waals surface area contributed by atoms with E-state index in [0.717, 1.165) is 12.1 Å².